The van der Waals surface area contributed by atoms with Gasteiger partial charge in [-0.2, -0.15) is 5.06 Å². The van der Waals surface area contributed by atoms with Crippen LogP contribution in [0.1, 0.15) is 28.8 Å². The molecule has 150 valence electrons. The molecule has 3 aromatic carbocycles. The molecule has 0 N–H and O–H groups in total. The van der Waals surface area contributed by atoms with Crippen LogP contribution < -0.4 is 0 Å². The molecule has 1 heterocycles. The summed E-state index contributed by atoms with van der Waals surface area (Å²) < 4.78 is 6.00. The third-order valence-electron chi connectivity index (χ3n) is 4.80. The van der Waals surface area contributed by atoms with Crippen molar-refractivity contribution in [3.05, 3.63) is 120 Å². The molecule has 1 unspecified atom stereocenters. The Labute approximate surface area is 175 Å². The average Bonchev–Trinajstić information content (AvgIpc) is 2.81. The third kappa shape index (κ3) is 4.31. The van der Waals surface area contributed by atoms with Gasteiger partial charge in [0.05, 0.1) is 6.61 Å². The first-order valence-electron chi connectivity index (χ1n) is 9.72. The van der Waals surface area contributed by atoms with Crippen LogP contribution >= 0.6 is 0 Å². The first-order chi connectivity index (χ1) is 14.7. The number of carbonyl (C=O) groups is 2. The Morgan fingerprint density at radius 1 is 0.800 bits per heavy atom. The van der Waals surface area contributed by atoms with Crippen LogP contribution in [0.25, 0.3) is 0 Å². The Bertz CT molecular complexity index is 979. The first-order valence-corrected chi connectivity index (χ1v) is 9.72. The van der Waals surface area contributed by atoms with Crippen molar-refractivity contribution >= 4 is 11.9 Å². The van der Waals surface area contributed by atoms with E-state index < -0.39 is 24.0 Å². The summed E-state index contributed by atoms with van der Waals surface area (Å²) in [5, 5.41) is 1.09. The van der Waals surface area contributed by atoms with Gasteiger partial charge in [0.2, 0.25) is 0 Å². The largest absolute Gasteiger partial charge is 0.451 e. The van der Waals surface area contributed by atoms with Crippen molar-refractivity contribution in [1.29, 1.82) is 0 Å². The fourth-order valence-electron chi connectivity index (χ4n) is 3.38. The van der Waals surface area contributed by atoms with Gasteiger partial charge in [0.15, 0.2) is 12.1 Å². The van der Waals surface area contributed by atoms with E-state index in [1.165, 1.54) is 6.08 Å². The Balaban J connectivity index is 1.69. The number of nitrogens with zero attached hydrogens (tertiary/aromatic N) is 1. The number of rotatable bonds is 6. The Morgan fingerprint density at radius 2 is 1.30 bits per heavy atom. The van der Waals surface area contributed by atoms with Gasteiger partial charge in [-0.3, -0.25) is 9.63 Å². The molecule has 0 aliphatic carbocycles. The number of carbonyl (C=O) groups excluding carboxylic acids is 2. The number of ether oxygens (including phenoxy) is 1. The van der Waals surface area contributed by atoms with Crippen LogP contribution in [-0.2, 0) is 19.2 Å². The Hall–Kier alpha value is -3.70. The predicted octanol–water partition coefficient (Wildman–Crippen LogP) is 4.39. The van der Waals surface area contributed by atoms with E-state index in [0.717, 1.165) is 16.2 Å². The molecular formula is C25H21NO4. The van der Waals surface area contributed by atoms with Crippen molar-refractivity contribution in [2.24, 2.45) is 0 Å². The molecule has 4 rings (SSSR count). The van der Waals surface area contributed by atoms with Gasteiger partial charge in [-0.1, -0.05) is 97.1 Å². The third-order valence-corrected chi connectivity index (χ3v) is 4.80. The van der Waals surface area contributed by atoms with Crippen LogP contribution in [0.2, 0.25) is 0 Å². The Kier molecular flexibility index (Phi) is 6.01. The lowest BCUT2D eigenvalue weighted by atomic mass is 10.0. The highest BCUT2D eigenvalue weighted by molar-refractivity contribution is 5.91. The van der Waals surface area contributed by atoms with Gasteiger partial charge in [-0.15, -0.1) is 0 Å². The summed E-state index contributed by atoms with van der Waals surface area (Å²) in [5.74, 6) is -0.967. The fraction of sp³-hybridized carbons (Fsp3) is 0.120. The predicted molar refractivity (Wildman–Crippen MR) is 112 cm³/mol. The van der Waals surface area contributed by atoms with Crippen molar-refractivity contribution in [3.8, 4) is 0 Å². The minimum atomic E-state index is -1.02. The standard InChI is InChI=1S/C25H21NO4/c27-22-17-10-18-29-26(22)23(19-11-4-1-5-12-19)25(28)30-24(20-13-6-2-7-14-20)21-15-8-3-9-16-21/h1-17,23-24H,18H2. The fourth-order valence-corrected chi connectivity index (χ4v) is 3.38. The lowest BCUT2D eigenvalue weighted by Gasteiger charge is -2.31. The molecule has 0 radical (unpaired) electrons. The van der Waals surface area contributed by atoms with Crippen molar-refractivity contribution in [2.45, 2.75) is 12.1 Å². The van der Waals surface area contributed by atoms with Crippen LogP contribution in [0, 0.1) is 0 Å². The molecular weight excluding hydrogens is 378 g/mol. The maximum absolute atomic E-state index is 13.4. The van der Waals surface area contributed by atoms with Crippen LogP contribution in [0.15, 0.2) is 103 Å². The topological polar surface area (TPSA) is 55.8 Å². The summed E-state index contributed by atoms with van der Waals surface area (Å²) >= 11 is 0. The van der Waals surface area contributed by atoms with Gasteiger partial charge in [0.1, 0.15) is 0 Å². The van der Waals surface area contributed by atoms with Gasteiger partial charge in [-0.25, -0.2) is 4.79 Å². The number of benzene rings is 3. The van der Waals surface area contributed by atoms with E-state index in [1.54, 1.807) is 18.2 Å². The van der Waals surface area contributed by atoms with Gasteiger partial charge < -0.3 is 4.74 Å². The molecule has 30 heavy (non-hydrogen) atoms. The van der Waals surface area contributed by atoms with E-state index in [1.807, 2.05) is 78.9 Å². The molecule has 0 aromatic heterocycles. The molecule has 3 aromatic rings. The van der Waals surface area contributed by atoms with Gasteiger partial charge >= 0.3 is 5.97 Å². The van der Waals surface area contributed by atoms with Gasteiger partial charge in [0.25, 0.3) is 5.91 Å². The summed E-state index contributed by atoms with van der Waals surface area (Å²) in [6.07, 6.45) is 2.41. The number of esters is 1. The highest BCUT2D eigenvalue weighted by Crippen LogP contribution is 2.31. The maximum atomic E-state index is 13.4. The first kappa shape index (κ1) is 19.6. The average molecular weight is 399 g/mol. The summed E-state index contributed by atoms with van der Waals surface area (Å²) in [4.78, 5) is 31.4. The minimum absolute atomic E-state index is 0.211. The van der Waals surface area contributed by atoms with E-state index in [0.29, 0.717) is 5.56 Å². The molecule has 0 fully saturated rings. The number of amides is 1. The highest BCUT2D eigenvalue weighted by Gasteiger charge is 2.36. The molecule has 5 heteroatoms. The van der Waals surface area contributed by atoms with Crippen LogP contribution in [0.5, 0.6) is 0 Å². The monoisotopic (exact) mass is 399 g/mol. The summed E-state index contributed by atoms with van der Waals surface area (Å²) in [7, 11) is 0. The lowest BCUT2D eigenvalue weighted by molar-refractivity contribution is -0.206. The summed E-state index contributed by atoms with van der Waals surface area (Å²) in [5.41, 5.74) is 2.30. The van der Waals surface area contributed by atoms with Crippen molar-refractivity contribution < 1.29 is 19.2 Å². The Morgan fingerprint density at radius 3 is 1.80 bits per heavy atom. The number of hydrogen-bond acceptors (Lipinski definition) is 4. The second kappa shape index (κ2) is 9.20. The van der Waals surface area contributed by atoms with E-state index in [9.17, 15) is 9.59 Å². The van der Waals surface area contributed by atoms with Crippen molar-refractivity contribution in [1.82, 2.24) is 5.06 Å². The van der Waals surface area contributed by atoms with Gasteiger partial charge in [-0.05, 0) is 16.7 Å². The molecule has 0 saturated carbocycles. The SMILES string of the molecule is O=C(OC(c1ccccc1)c1ccccc1)C(c1ccccc1)N1OCC=CC1=O. The molecule has 0 bridgehead atoms. The van der Waals surface area contributed by atoms with E-state index >= 15 is 0 Å². The lowest BCUT2D eigenvalue weighted by Crippen LogP contribution is -2.41. The van der Waals surface area contributed by atoms with E-state index in [4.69, 9.17) is 9.57 Å². The van der Waals surface area contributed by atoms with Crippen molar-refractivity contribution in [3.63, 3.8) is 0 Å². The summed E-state index contributed by atoms with van der Waals surface area (Å²) in [6.45, 7) is 0.211. The molecule has 1 aliphatic rings. The molecule has 0 spiro atoms. The smallest absolute Gasteiger partial charge is 0.337 e. The maximum Gasteiger partial charge on any atom is 0.337 e. The van der Waals surface area contributed by atoms with Crippen molar-refractivity contribution in [2.75, 3.05) is 6.61 Å². The zero-order chi connectivity index (χ0) is 20.8. The number of hydroxylamine groups is 2. The number of hydrogen-bond donors (Lipinski definition) is 0. The van der Waals surface area contributed by atoms with Crippen LogP contribution in [-0.4, -0.2) is 23.5 Å². The summed E-state index contributed by atoms with van der Waals surface area (Å²) in [6, 6.07) is 27.1. The quantitative estimate of drug-likeness (QED) is 0.577. The molecule has 0 saturated heterocycles. The van der Waals surface area contributed by atoms with E-state index in [-0.39, 0.29) is 6.61 Å². The molecule has 5 nitrogen and oxygen atoms in total. The zero-order valence-corrected chi connectivity index (χ0v) is 16.3. The minimum Gasteiger partial charge on any atom is -0.451 e. The molecule has 1 atom stereocenters. The second-order valence-electron chi connectivity index (χ2n) is 6.81. The van der Waals surface area contributed by atoms with E-state index in [2.05, 4.69) is 0 Å². The van der Waals surface area contributed by atoms with Crippen LogP contribution in [0.4, 0.5) is 0 Å². The molecule has 1 aliphatic heterocycles. The highest BCUT2D eigenvalue weighted by atomic mass is 16.7. The second-order valence-corrected chi connectivity index (χ2v) is 6.81. The van der Waals surface area contributed by atoms with Crippen LogP contribution in [0.3, 0.4) is 0 Å². The van der Waals surface area contributed by atoms with Gasteiger partial charge in [0, 0.05) is 6.08 Å². The normalized spacial score (nSPS) is 14.6. The zero-order valence-electron chi connectivity index (χ0n) is 16.3. The molecule has 1 amide bonds.